The molecule has 1 rings (SSSR count). The minimum Gasteiger partial charge on any atom is -1.00 e. The van der Waals surface area contributed by atoms with E-state index in [0.717, 1.165) is 11.5 Å². The summed E-state index contributed by atoms with van der Waals surface area (Å²) in [6.07, 6.45) is 12.9. The number of rotatable bonds is 12. The van der Waals surface area contributed by atoms with E-state index in [0.29, 0.717) is 0 Å². The van der Waals surface area contributed by atoms with Gasteiger partial charge in [0.15, 0.2) is 0 Å². The third-order valence-corrected chi connectivity index (χ3v) is 4.77. The zero-order valence-electron chi connectivity index (χ0n) is 17.8. The van der Waals surface area contributed by atoms with Crippen molar-refractivity contribution in [3.63, 3.8) is 0 Å². The van der Waals surface area contributed by atoms with Gasteiger partial charge in [0, 0.05) is 11.9 Å². The van der Waals surface area contributed by atoms with Crippen LogP contribution in [0.2, 0.25) is 0 Å². The smallest absolute Gasteiger partial charge is 0.103 e. The summed E-state index contributed by atoms with van der Waals surface area (Å²) in [7, 11) is 0. The number of hydrogen-bond donors (Lipinski definition) is 1. The molecular formula is C21H44BrN3. The molecular weight excluding hydrogens is 374 g/mol. The number of aromatic amines is 1. The lowest BCUT2D eigenvalue weighted by atomic mass is 10.1. The van der Waals surface area contributed by atoms with Gasteiger partial charge in [-0.3, -0.25) is 0 Å². The first-order valence-electron chi connectivity index (χ1n) is 10.4. The zero-order valence-corrected chi connectivity index (χ0v) is 19.4. The molecule has 0 radical (unpaired) electrons. The summed E-state index contributed by atoms with van der Waals surface area (Å²) in [6, 6.07) is 0. The van der Waals surface area contributed by atoms with Crippen LogP contribution in [-0.2, 0) is 0 Å². The molecule has 0 saturated heterocycles. The molecule has 0 amide bonds. The number of quaternary nitrogens is 1. The number of aromatic nitrogens is 2. The van der Waals surface area contributed by atoms with E-state index in [1.54, 1.807) is 0 Å². The van der Waals surface area contributed by atoms with Crippen molar-refractivity contribution >= 4 is 0 Å². The van der Waals surface area contributed by atoms with Gasteiger partial charge in [-0.2, -0.15) is 0 Å². The van der Waals surface area contributed by atoms with Gasteiger partial charge in [-0.15, -0.1) is 0 Å². The molecule has 1 heterocycles. The average Bonchev–Trinajstić information content (AvgIpc) is 2.97. The first kappa shape index (κ1) is 26.9. The van der Waals surface area contributed by atoms with Crippen molar-refractivity contribution in [2.75, 3.05) is 26.2 Å². The summed E-state index contributed by atoms with van der Waals surface area (Å²) in [5, 5.41) is 0. The molecule has 0 bridgehead atoms. The summed E-state index contributed by atoms with van der Waals surface area (Å²) in [4.78, 5) is 6.99. The van der Waals surface area contributed by atoms with Crippen LogP contribution in [0.1, 0.15) is 90.6 Å². The monoisotopic (exact) mass is 417 g/mol. The number of halogens is 1. The number of imidazole rings is 1. The Morgan fingerprint density at radius 1 is 0.760 bits per heavy atom. The fourth-order valence-corrected chi connectivity index (χ4v) is 3.19. The second kappa shape index (κ2) is 17.1. The Bertz CT molecular complexity index is 336. The molecule has 1 aromatic rings. The molecule has 0 aliphatic carbocycles. The lowest BCUT2D eigenvalue weighted by Gasteiger charge is -2.39. The lowest BCUT2D eigenvalue weighted by molar-refractivity contribution is -0.929. The van der Waals surface area contributed by atoms with E-state index < -0.39 is 0 Å². The van der Waals surface area contributed by atoms with Crippen LogP contribution >= 0.6 is 0 Å². The maximum absolute atomic E-state index is 3.96. The van der Waals surface area contributed by atoms with E-state index in [1.165, 1.54) is 82.0 Å². The number of aryl methyl sites for hydroxylation is 2. The van der Waals surface area contributed by atoms with Gasteiger partial charge in [0.1, 0.15) is 5.82 Å². The fraction of sp³-hybridized carbons (Fsp3) is 0.857. The van der Waals surface area contributed by atoms with E-state index >= 15 is 0 Å². The van der Waals surface area contributed by atoms with Crippen LogP contribution in [0.15, 0.2) is 6.20 Å². The van der Waals surface area contributed by atoms with E-state index in [1.807, 2.05) is 20.0 Å². The minimum atomic E-state index is 0. The van der Waals surface area contributed by atoms with Crippen molar-refractivity contribution in [3.8, 4) is 0 Å². The molecule has 25 heavy (non-hydrogen) atoms. The van der Waals surface area contributed by atoms with Gasteiger partial charge in [-0.1, -0.05) is 53.4 Å². The highest BCUT2D eigenvalue weighted by molar-refractivity contribution is 4.95. The third kappa shape index (κ3) is 13.5. The van der Waals surface area contributed by atoms with Gasteiger partial charge in [-0.05, 0) is 39.5 Å². The molecule has 1 aromatic heterocycles. The molecule has 0 fully saturated rings. The Balaban J connectivity index is 0. The van der Waals surface area contributed by atoms with Crippen molar-refractivity contribution in [3.05, 3.63) is 17.7 Å². The van der Waals surface area contributed by atoms with Gasteiger partial charge in [0.05, 0.1) is 26.2 Å². The third-order valence-electron chi connectivity index (χ3n) is 4.77. The van der Waals surface area contributed by atoms with Gasteiger partial charge >= 0.3 is 0 Å². The predicted octanol–water partition coefficient (Wildman–Crippen LogP) is 3.03. The summed E-state index contributed by atoms with van der Waals surface area (Å²) in [6.45, 7) is 18.9. The van der Waals surface area contributed by atoms with Gasteiger partial charge in [0.25, 0.3) is 0 Å². The van der Waals surface area contributed by atoms with Crippen LogP contribution in [0.25, 0.3) is 0 Å². The Morgan fingerprint density at radius 2 is 1.12 bits per heavy atom. The number of H-pyrrole nitrogens is 1. The molecule has 0 aromatic carbocycles. The Kier molecular flexibility index (Phi) is 18.4. The molecule has 0 saturated carbocycles. The van der Waals surface area contributed by atoms with Crippen molar-refractivity contribution in [2.45, 2.75) is 92.9 Å². The van der Waals surface area contributed by atoms with E-state index in [2.05, 4.69) is 37.7 Å². The van der Waals surface area contributed by atoms with Gasteiger partial charge in [0.2, 0.25) is 0 Å². The van der Waals surface area contributed by atoms with E-state index in [-0.39, 0.29) is 17.0 Å². The number of unbranched alkanes of at least 4 members (excludes halogenated alkanes) is 4. The highest BCUT2D eigenvalue weighted by atomic mass is 79.9. The quantitative estimate of drug-likeness (QED) is 0.520. The van der Waals surface area contributed by atoms with Crippen molar-refractivity contribution in [1.82, 2.24) is 9.97 Å². The maximum Gasteiger partial charge on any atom is 0.103 e. The van der Waals surface area contributed by atoms with E-state index in [4.69, 9.17) is 0 Å². The van der Waals surface area contributed by atoms with E-state index in [9.17, 15) is 0 Å². The second-order valence-corrected chi connectivity index (χ2v) is 7.30. The largest absolute Gasteiger partial charge is 1.00 e. The first-order chi connectivity index (χ1) is 11.5. The second-order valence-electron chi connectivity index (χ2n) is 7.30. The SMILES string of the molecule is CCCC[N+](CCCC)(CCCC)CCCC.Cc1cnc(C)[nH]1.[Br-]. The number of nitrogens with one attached hydrogen (secondary N) is 1. The number of nitrogens with zero attached hydrogens (tertiary/aromatic N) is 2. The molecule has 3 nitrogen and oxygen atoms in total. The molecule has 0 spiro atoms. The van der Waals surface area contributed by atoms with Gasteiger partial charge in [-0.25, -0.2) is 4.98 Å². The Hall–Kier alpha value is -0.350. The zero-order chi connectivity index (χ0) is 18.3. The summed E-state index contributed by atoms with van der Waals surface area (Å²) < 4.78 is 1.42. The van der Waals surface area contributed by atoms with Crippen LogP contribution in [-0.4, -0.2) is 40.6 Å². The maximum atomic E-state index is 3.96. The van der Waals surface area contributed by atoms with Crippen molar-refractivity contribution < 1.29 is 21.5 Å². The summed E-state index contributed by atoms with van der Waals surface area (Å²) in [5.41, 5.74) is 1.12. The average molecular weight is 419 g/mol. The molecule has 0 atom stereocenters. The summed E-state index contributed by atoms with van der Waals surface area (Å²) in [5.74, 6) is 0.984. The van der Waals surface area contributed by atoms with Crippen molar-refractivity contribution in [1.29, 1.82) is 0 Å². The summed E-state index contributed by atoms with van der Waals surface area (Å²) >= 11 is 0. The molecule has 1 N–H and O–H groups in total. The highest BCUT2D eigenvalue weighted by Gasteiger charge is 2.24. The standard InChI is InChI=1S/C16H36N.C5H8N2.BrH/c1-5-9-13-17(14-10-6-2,15-11-7-3)16-12-8-4;1-4-3-6-5(2)7-4;/h5-16H2,1-4H3;3H,1-2H3,(H,6,7);1H/q+1;;/p-1. The molecule has 0 aliphatic rings. The van der Waals surface area contributed by atoms with Crippen LogP contribution in [0.5, 0.6) is 0 Å². The minimum absolute atomic E-state index is 0. The fourth-order valence-electron chi connectivity index (χ4n) is 3.19. The molecule has 4 heteroatoms. The Morgan fingerprint density at radius 3 is 1.28 bits per heavy atom. The molecule has 150 valence electrons. The van der Waals surface area contributed by atoms with Crippen LogP contribution in [0.4, 0.5) is 0 Å². The van der Waals surface area contributed by atoms with Crippen LogP contribution in [0, 0.1) is 13.8 Å². The topological polar surface area (TPSA) is 28.7 Å². The highest BCUT2D eigenvalue weighted by Crippen LogP contribution is 2.16. The van der Waals surface area contributed by atoms with Crippen LogP contribution < -0.4 is 17.0 Å². The van der Waals surface area contributed by atoms with Gasteiger partial charge < -0.3 is 26.4 Å². The first-order valence-corrected chi connectivity index (χ1v) is 10.4. The molecule has 0 unspecified atom stereocenters. The van der Waals surface area contributed by atoms with Crippen LogP contribution in [0.3, 0.4) is 0 Å². The number of hydrogen-bond acceptors (Lipinski definition) is 1. The van der Waals surface area contributed by atoms with Crippen molar-refractivity contribution in [2.24, 2.45) is 0 Å². The predicted molar refractivity (Wildman–Crippen MR) is 107 cm³/mol. The Labute approximate surface area is 168 Å². The normalized spacial score (nSPS) is 10.8. The lowest BCUT2D eigenvalue weighted by Crippen LogP contribution is -3.00. The molecule has 0 aliphatic heterocycles.